The third kappa shape index (κ3) is 4.66. The average Bonchev–Trinajstić information content (AvgIpc) is 2.54. The van der Waals surface area contributed by atoms with Crippen LogP contribution in [0.25, 0.3) is 0 Å². The van der Waals surface area contributed by atoms with Crippen LogP contribution in [0.5, 0.6) is 0 Å². The normalized spacial score (nSPS) is 16.1. The maximum Gasteiger partial charge on any atom is 0.230 e. The number of hydrogen-bond donors (Lipinski definition) is 2. The molecular weight excluding hydrogens is 328 g/mol. The van der Waals surface area contributed by atoms with Crippen LogP contribution in [-0.4, -0.2) is 11.7 Å². The highest BCUT2D eigenvalue weighted by atomic mass is 35.5. The summed E-state index contributed by atoms with van der Waals surface area (Å²) in [6.45, 7) is 0. The molecule has 3 nitrogen and oxygen atoms in total. The van der Waals surface area contributed by atoms with Crippen LogP contribution in [-0.2, 0) is 11.2 Å². The molecule has 3 rings (SSSR count). The molecule has 1 aliphatic rings. The molecule has 122 valence electrons. The van der Waals surface area contributed by atoms with Gasteiger partial charge in [0, 0.05) is 10.6 Å². The standard InChI is InChI=1S/C18H20N2OS.ClH/c19-14-9-10-16-13(11-14)5-4-8-17(16)20-18(21)12-22-15-6-2-1-3-7-15;/h1-3,6-7,9-11,17H,4-5,8,12,19H2,(H,20,21);1H. The van der Waals surface area contributed by atoms with E-state index in [1.165, 1.54) is 11.1 Å². The van der Waals surface area contributed by atoms with E-state index < -0.39 is 0 Å². The summed E-state index contributed by atoms with van der Waals surface area (Å²) in [5.41, 5.74) is 9.14. The lowest BCUT2D eigenvalue weighted by atomic mass is 9.87. The zero-order valence-electron chi connectivity index (χ0n) is 12.8. The summed E-state index contributed by atoms with van der Waals surface area (Å²) < 4.78 is 0. The number of carbonyl (C=O) groups is 1. The highest BCUT2D eigenvalue weighted by Gasteiger charge is 2.21. The van der Waals surface area contributed by atoms with Gasteiger partial charge in [-0.1, -0.05) is 24.3 Å². The number of nitrogen functional groups attached to an aromatic ring is 1. The highest BCUT2D eigenvalue weighted by molar-refractivity contribution is 8.00. The summed E-state index contributed by atoms with van der Waals surface area (Å²) in [4.78, 5) is 13.3. The first-order chi connectivity index (χ1) is 10.7. The quantitative estimate of drug-likeness (QED) is 0.649. The van der Waals surface area contributed by atoms with Crippen LogP contribution >= 0.6 is 24.2 Å². The SMILES string of the molecule is Cl.Nc1ccc2c(c1)CCCC2NC(=O)CSc1ccccc1. The van der Waals surface area contributed by atoms with Crippen LogP contribution in [0.1, 0.15) is 30.0 Å². The second-order valence-electron chi connectivity index (χ2n) is 5.57. The van der Waals surface area contributed by atoms with Gasteiger partial charge in [0.05, 0.1) is 11.8 Å². The zero-order valence-corrected chi connectivity index (χ0v) is 14.5. The Morgan fingerprint density at radius 2 is 2.00 bits per heavy atom. The first kappa shape index (κ1) is 17.7. The number of fused-ring (bicyclic) bond motifs is 1. The Hall–Kier alpha value is -1.65. The predicted octanol–water partition coefficient (Wildman–Crippen LogP) is 3.98. The Balaban J connectivity index is 0.00000192. The average molecular weight is 349 g/mol. The molecule has 0 heterocycles. The monoisotopic (exact) mass is 348 g/mol. The highest BCUT2D eigenvalue weighted by Crippen LogP contribution is 2.31. The van der Waals surface area contributed by atoms with E-state index in [1.54, 1.807) is 11.8 Å². The number of anilines is 1. The second-order valence-corrected chi connectivity index (χ2v) is 6.62. The van der Waals surface area contributed by atoms with E-state index in [0.29, 0.717) is 5.75 Å². The minimum atomic E-state index is 0. The number of aryl methyl sites for hydroxylation is 1. The first-order valence-electron chi connectivity index (χ1n) is 7.58. The Labute approximate surface area is 147 Å². The molecule has 3 N–H and O–H groups in total. The summed E-state index contributed by atoms with van der Waals surface area (Å²) in [5.74, 6) is 0.536. The smallest absolute Gasteiger partial charge is 0.230 e. The molecule has 1 amide bonds. The van der Waals surface area contributed by atoms with Crippen molar-refractivity contribution in [1.29, 1.82) is 0 Å². The van der Waals surface area contributed by atoms with Crippen LogP contribution in [0, 0.1) is 0 Å². The van der Waals surface area contributed by atoms with Gasteiger partial charge in [-0.2, -0.15) is 0 Å². The number of halogens is 1. The molecule has 0 saturated heterocycles. The maximum atomic E-state index is 12.2. The minimum Gasteiger partial charge on any atom is -0.399 e. The van der Waals surface area contributed by atoms with Gasteiger partial charge >= 0.3 is 0 Å². The Morgan fingerprint density at radius 3 is 2.78 bits per heavy atom. The number of nitrogens with two attached hydrogens (primary N) is 1. The van der Waals surface area contributed by atoms with Crippen LogP contribution in [0.3, 0.4) is 0 Å². The number of thioether (sulfide) groups is 1. The van der Waals surface area contributed by atoms with Crippen molar-refractivity contribution < 1.29 is 4.79 Å². The molecule has 2 aromatic rings. The summed E-state index contributed by atoms with van der Waals surface area (Å²) in [6, 6.07) is 16.1. The van der Waals surface area contributed by atoms with E-state index in [-0.39, 0.29) is 24.4 Å². The third-order valence-corrected chi connectivity index (χ3v) is 4.94. The van der Waals surface area contributed by atoms with Gasteiger partial charge in [0.2, 0.25) is 5.91 Å². The minimum absolute atomic E-state index is 0. The van der Waals surface area contributed by atoms with Crippen LogP contribution in [0.2, 0.25) is 0 Å². The lowest BCUT2D eigenvalue weighted by Gasteiger charge is -2.26. The zero-order chi connectivity index (χ0) is 15.4. The van der Waals surface area contributed by atoms with Gasteiger partial charge in [0.15, 0.2) is 0 Å². The van der Waals surface area contributed by atoms with E-state index in [1.807, 2.05) is 42.5 Å². The number of carbonyl (C=O) groups excluding carboxylic acids is 1. The van der Waals surface area contributed by atoms with Gasteiger partial charge in [-0.3, -0.25) is 4.79 Å². The number of hydrogen-bond acceptors (Lipinski definition) is 3. The fourth-order valence-corrected chi connectivity index (χ4v) is 3.62. The van der Waals surface area contributed by atoms with Gasteiger partial charge in [-0.15, -0.1) is 24.2 Å². The van der Waals surface area contributed by atoms with Crippen LogP contribution in [0.4, 0.5) is 5.69 Å². The Morgan fingerprint density at radius 1 is 1.22 bits per heavy atom. The molecule has 1 atom stereocenters. The molecule has 0 aromatic heterocycles. The summed E-state index contributed by atoms with van der Waals surface area (Å²) in [6.07, 6.45) is 3.14. The number of rotatable bonds is 4. The summed E-state index contributed by atoms with van der Waals surface area (Å²) in [5, 5.41) is 3.16. The topological polar surface area (TPSA) is 55.1 Å². The third-order valence-electron chi connectivity index (χ3n) is 3.93. The van der Waals surface area contributed by atoms with E-state index in [2.05, 4.69) is 11.4 Å². The molecule has 0 fully saturated rings. The van der Waals surface area contributed by atoms with Gasteiger partial charge in [-0.25, -0.2) is 0 Å². The van der Waals surface area contributed by atoms with Crippen molar-refractivity contribution in [1.82, 2.24) is 5.32 Å². The van der Waals surface area contributed by atoms with E-state index in [4.69, 9.17) is 5.73 Å². The van der Waals surface area contributed by atoms with E-state index >= 15 is 0 Å². The van der Waals surface area contributed by atoms with Gasteiger partial charge in [0.1, 0.15) is 0 Å². The van der Waals surface area contributed by atoms with Gasteiger partial charge < -0.3 is 11.1 Å². The van der Waals surface area contributed by atoms with Gasteiger partial charge in [-0.05, 0) is 54.7 Å². The van der Waals surface area contributed by atoms with Crippen molar-refractivity contribution in [3.8, 4) is 0 Å². The second kappa shape index (κ2) is 8.27. The number of nitrogens with one attached hydrogen (secondary N) is 1. The molecule has 2 aromatic carbocycles. The molecule has 0 radical (unpaired) electrons. The van der Waals surface area contributed by atoms with Crippen molar-refractivity contribution in [2.75, 3.05) is 11.5 Å². The molecule has 23 heavy (non-hydrogen) atoms. The van der Waals surface area contributed by atoms with Crippen molar-refractivity contribution in [2.24, 2.45) is 0 Å². The van der Waals surface area contributed by atoms with Crippen LogP contribution < -0.4 is 11.1 Å². The van der Waals surface area contributed by atoms with Crippen molar-refractivity contribution >= 4 is 35.8 Å². The van der Waals surface area contributed by atoms with Gasteiger partial charge in [0.25, 0.3) is 0 Å². The largest absolute Gasteiger partial charge is 0.399 e. The molecule has 0 aliphatic heterocycles. The molecular formula is C18H21ClN2OS. The summed E-state index contributed by atoms with van der Waals surface area (Å²) >= 11 is 1.57. The molecule has 1 aliphatic carbocycles. The lowest BCUT2D eigenvalue weighted by Crippen LogP contribution is -2.32. The first-order valence-corrected chi connectivity index (χ1v) is 8.56. The lowest BCUT2D eigenvalue weighted by molar-refractivity contribution is -0.119. The number of amides is 1. The number of benzene rings is 2. The molecule has 0 saturated carbocycles. The van der Waals surface area contributed by atoms with E-state index in [0.717, 1.165) is 29.8 Å². The van der Waals surface area contributed by atoms with Crippen molar-refractivity contribution in [3.63, 3.8) is 0 Å². The fraction of sp³-hybridized carbons (Fsp3) is 0.278. The maximum absolute atomic E-state index is 12.2. The molecule has 5 heteroatoms. The molecule has 0 bridgehead atoms. The van der Waals surface area contributed by atoms with E-state index in [9.17, 15) is 4.79 Å². The van der Waals surface area contributed by atoms with Crippen LogP contribution in [0.15, 0.2) is 53.4 Å². The van der Waals surface area contributed by atoms with Crippen molar-refractivity contribution in [3.05, 3.63) is 59.7 Å². The molecule has 0 spiro atoms. The Kier molecular flexibility index (Phi) is 6.37. The molecule has 1 unspecified atom stereocenters. The fourth-order valence-electron chi connectivity index (χ4n) is 2.89. The Bertz CT molecular complexity index is 663. The predicted molar refractivity (Wildman–Crippen MR) is 99.1 cm³/mol. The summed E-state index contributed by atoms with van der Waals surface area (Å²) in [7, 11) is 0. The van der Waals surface area contributed by atoms with Crippen molar-refractivity contribution in [2.45, 2.75) is 30.2 Å².